The van der Waals surface area contributed by atoms with Crippen LogP contribution in [0.2, 0.25) is 0 Å². The van der Waals surface area contributed by atoms with Gasteiger partial charge in [0.05, 0.1) is 16.7 Å². The molecule has 0 fully saturated rings. The topological polar surface area (TPSA) is 30.7 Å². The molecule has 0 N–H and O–H groups in total. The average Bonchev–Trinajstić information content (AvgIpc) is 3.10. The molecule has 2 heterocycles. The number of nitrogens with zero attached hydrogens (tertiary/aromatic N) is 3. The van der Waals surface area contributed by atoms with Crippen molar-refractivity contribution in [3.63, 3.8) is 0 Å². The molecule has 3 heteroatoms. The maximum atomic E-state index is 5.09. The van der Waals surface area contributed by atoms with Crippen LogP contribution in [-0.2, 0) is 7.05 Å². The van der Waals surface area contributed by atoms with Gasteiger partial charge in [-0.3, -0.25) is 0 Å². The van der Waals surface area contributed by atoms with Gasteiger partial charge in [-0.2, -0.15) is 0 Å². The van der Waals surface area contributed by atoms with Crippen molar-refractivity contribution in [1.29, 1.82) is 0 Å². The fraction of sp³-hybridized carbons (Fsp3) is 0.143. The van der Waals surface area contributed by atoms with E-state index in [1.807, 2.05) is 0 Å². The molecule has 0 unspecified atom stereocenters. The first-order valence-corrected chi connectivity index (χ1v) is 10.8. The van der Waals surface area contributed by atoms with Crippen LogP contribution in [0, 0.1) is 0 Å². The summed E-state index contributed by atoms with van der Waals surface area (Å²) in [5.41, 5.74) is 5.44. The summed E-state index contributed by atoms with van der Waals surface area (Å²) in [5.74, 6) is 1.13. The lowest BCUT2D eigenvalue weighted by atomic mass is 10.0. The number of fused-ring (bicyclic) bond motifs is 6. The second kappa shape index (κ2) is 6.64. The van der Waals surface area contributed by atoms with E-state index in [0.29, 0.717) is 0 Å². The van der Waals surface area contributed by atoms with Gasteiger partial charge in [-0.25, -0.2) is 9.97 Å². The Morgan fingerprint density at radius 2 is 1.45 bits per heavy atom. The van der Waals surface area contributed by atoms with Crippen molar-refractivity contribution < 1.29 is 0 Å². The first kappa shape index (κ1) is 18.1. The van der Waals surface area contributed by atoms with E-state index in [4.69, 9.17) is 9.97 Å². The average molecular weight is 402 g/mol. The van der Waals surface area contributed by atoms with Crippen molar-refractivity contribution in [2.75, 3.05) is 0 Å². The summed E-state index contributed by atoms with van der Waals surface area (Å²) in [5, 5.41) is 6.15. The third-order valence-corrected chi connectivity index (χ3v) is 6.28. The molecule has 150 valence electrons. The molecule has 0 aliphatic carbocycles. The standard InChI is InChI=1S/C28H23N3/c1-17(2)28-29-25(21-13-12-18-8-4-5-10-20(18)16-21)27-26(30-28)24-22-11-7-6-9-19(22)14-15-23(24)31(27)3/h4-17H,1-3H3. The Labute approximate surface area is 181 Å². The first-order chi connectivity index (χ1) is 15.1. The predicted molar refractivity (Wildman–Crippen MR) is 131 cm³/mol. The van der Waals surface area contributed by atoms with E-state index in [0.717, 1.165) is 28.1 Å². The van der Waals surface area contributed by atoms with Crippen LogP contribution in [0.15, 0.2) is 78.9 Å². The molecule has 0 saturated heterocycles. The Morgan fingerprint density at radius 3 is 2.26 bits per heavy atom. The lowest BCUT2D eigenvalue weighted by Crippen LogP contribution is -2.02. The normalized spacial score (nSPS) is 12.0. The number of hydrogen-bond donors (Lipinski definition) is 0. The Hall–Kier alpha value is -3.72. The molecule has 3 nitrogen and oxygen atoms in total. The molecule has 4 aromatic carbocycles. The van der Waals surface area contributed by atoms with Crippen molar-refractivity contribution >= 4 is 43.5 Å². The number of aryl methyl sites for hydroxylation is 1. The molecule has 0 aliphatic heterocycles. The van der Waals surface area contributed by atoms with Crippen molar-refractivity contribution in [2.45, 2.75) is 19.8 Å². The Kier molecular flexibility index (Phi) is 3.87. The third kappa shape index (κ3) is 2.66. The number of aromatic nitrogens is 3. The van der Waals surface area contributed by atoms with Crippen molar-refractivity contribution in [3.8, 4) is 11.3 Å². The van der Waals surface area contributed by atoms with Gasteiger partial charge in [-0.05, 0) is 33.7 Å². The lowest BCUT2D eigenvalue weighted by molar-refractivity contribution is 0.783. The van der Waals surface area contributed by atoms with Gasteiger partial charge in [0.15, 0.2) is 0 Å². The molecular weight excluding hydrogens is 378 g/mol. The van der Waals surface area contributed by atoms with Crippen LogP contribution in [-0.4, -0.2) is 14.5 Å². The van der Waals surface area contributed by atoms with Crippen LogP contribution in [0.1, 0.15) is 25.6 Å². The Bertz CT molecular complexity index is 1620. The maximum absolute atomic E-state index is 5.09. The second-order valence-corrected chi connectivity index (χ2v) is 8.58. The van der Waals surface area contributed by atoms with E-state index >= 15 is 0 Å². The fourth-order valence-corrected chi connectivity index (χ4v) is 4.67. The highest BCUT2D eigenvalue weighted by Crippen LogP contribution is 2.38. The highest BCUT2D eigenvalue weighted by atomic mass is 15.0. The first-order valence-electron chi connectivity index (χ1n) is 10.8. The van der Waals surface area contributed by atoms with E-state index in [1.165, 1.54) is 32.4 Å². The fourth-order valence-electron chi connectivity index (χ4n) is 4.67. The van der Waals surface area contributed by atoms with Gasteiger partial charge in [0, 0.05) is 23.9 Å². The summed E-state index contributed by atoms with van der Waals surface area (Å²) >= 11 is 0. The summed E-state index contributed by atoms with van der Waals surface area (Å²) in [4.78, 5) is 10.2. The summed E-state index contributed by atoms with van der Waals surface area (Å²) in [6.07, 6.45) is 0. The maximum Gasteiger partial charge on any atom is 0.132 e. The zero-order valence-electron chi connectivity index (χ0n) is 17.9. The zero-order valence-corrected chi connectivity index (χ0v) is 17.9. The number of hydrogen-bond acceptors (Lipinski definition) is 2. The smallest absolute Gasteiger partial charge is 0.132 e. The van der Waals surface area contributed by atoms with Crippen LogP contribution in [0.3, 0.4) is 0 Å². The zero-order chi connectivity index (χ0) is 21.1. The minimum Gasteiger partial charge on any atom is -0.340 e. The molecule has 0 spiro atoms. The molecule has 0 bridgehead atoms. The van der Waals surface area contributed by atoms with Gasteiger partial charge in [0.25, 0.3) is 0 Å². The second-order valence-electron chi connectivity index (χ2n) is 8.58. The molecular formula is C28H23N3. The van der Waals surface area contributed by atoms with Crippen LogP contribution >= 0.6 is 0 Å². The van der Waals surface area contributed by atoms with Crippen LogP contribution in [0.5, 0.6) is 0 Å². The van der Waals surface area contributed by atoms with E-state index < -0.39 is 0 Å². The molecule has 0 amide bonds. The minimum absolute atomic E-state index is 0.244. The van der Waals surface area contributed by atoms with E-state index in [1.54, 1.807) is 0 Å². The Balaban J connectivity index is 1.79. The summed E-state index contributed by atoms with van der Waals surface area (Å²) in [7, 11) is 2.13. The summed E-state index contributed by atoms with van der Waals surface area (Å²) in [6.45, 7) is 4.32. The number of rotatable bonds is 2. The molecule has 2 aromatic heterocycles. The minimum atomic E-state index is 0.244. The molecule has 0 atom stereocenters. The van der Waals surface area contributed by atoms with Crippen molar-refractivity contribution in [2.24, 2.45) is 7.05 Å². The van der Waals surface area contributed by atoms with Crippen LogP contribution in [0.4, 0.5) is 0 Å². The van der Waals surface area contributed by atoms with E-state index in [2.05, 4.69) is 104 Å². The lowest BCUT2D eigenvalue weighted by Gasteiger charge is -2.11. The molecule has 0 saturated carbocycles. The van der Waals surface area contributed by atoms with E-state index in [-0.39, 0.29) is 5.92 Å². The van der Waals surface area contributed by atoms with E-state index in [9.17, 15) is 0 Å². The Morgan fingerprint density at radius 1 is 0.742 bits per heavy atom. The summed E-state index contributed by atoms with van der Waals surface area (Å²) in [6, 6.07) is 28.1. The molecule has 0 aliphatic rings. The van der Waals surface area contributed by atoms with Gasteiger partial charge in [0.1, 0.15) is 11.3 Å². The van der Waals surface area contributed by atoms with Gasteiger partial charge >= 0.3 is 0 Å². The van der Waals surface area contributed by atoms with Crippen LogP contribution < -0.4 is 0 Å². The molecule has 31 heavy (non-hydrogen) atoms. The highest BCUT2D eigenvalue weighted by Gasteiger charge is 2.20. The molecule has 6 rings (SSSR count). The highest BCUT2D eigenvalue weighted by molar-refractivity contribution is 6.21. The van der Waals surface area contributed by atoms with Crippen molar-refractivity contribution in [3.05, 3.63) is 84.7 Å². The van der Waals surface area contributed by atoms with Crippen molar-refractivity contribution in [1.82, 2.24) is 14.5 Å². The summed E-state index contributed by atoms with van der Waals surface area (Å²) < 4.78 is 2.26. The van der Waals surface area contributed by atoms with Gasteiger partial charge in [-0.15, -0.1) is 0 Å². The molecule has 6 aromatic rings. The largest absolute Gasteiger partial charge is 0.340 e. The van der Waals surface area contributed by atoms with Gasteiger partial charge in [0.2, 0.25) is 0 Å². The quantitative estimate of drug-likeness (QED) is 0.307. The predicted octanol–water partition coefficient (Wildman–Crippen LogP) is 7.22. The van der Waals surface area contributed by atoms with Gasteiger partial charge in [-0.1, -0.05) is 80.6 Å². The SMILES string of the molecule is CC(C)c1nc(-c2ccc3ccccc3c2)c2c(n1)c1c3ccccc3ccc1n2C. The van der Waals surface area contributed by atoms with Gasteiger partial charge < -0.3 is 4.57 Å². The molecule has 0 radical (unpaired) electrons. The monoisotopic (exact) mass is 401 g/mol. The number of benzene rings is 4. The van der Waals surface area contributed by atoms with Crippen LogP contribution in [0.25, 0.3) is 54.7 Å². The third-order valence-electron chi connectivity index (χ3n) is 6.28.